The molecule has 0 unspecified atom stereocenters. The minimum atomic E-state index is -0.156. The van der Waals surface area contributed by atoms with Gasteiger partial charge in [0.1, 0.15) is 16.5 Å². The summed E-state index contributed by atoms with van der Waals surface area (Å²) in [6, 6.07) is 3.66. The molecule has 1 amide bonds. The molecule has 7 heteroatoms. The number of thiazole rings is 1. The van der Waals surface area contributed by atoms with Gasteiger partial charge in [-0.25, -0.2) is 15.0 Å². The fraction of sp³-hybridized carbons (Fsp3) is 0.200. The fourth-order valence-corrected chi connectivity index (χ4v) is 2.97. The van der Waals surface area contributed by atoms with Crippen molar-refractivity contribution in [2.24, 2.45) is 0 Å². The summed E-state index contributed by atoms with van der Waals surface area (Å²) < 4.78 is 1.88. The standard InChI is InChI=1S/C15H15N5OS/c1-9-14(22-11(3)18-9)15(21)19-12-4-5-13(17-8-12)20-7-6-16-10(20)2/h4-8H,1-3H3,(H,19,21). The molecule has 0 aliphatic heterocycles. The minimum Gasteiger partial charge on any atom is -0.320 e. The Kier molecular flexibility index (Phi) is 3.72. The summed E-state index contributed by atoms with van der Waals surface area (Å²) in [6.07, 6.45) is 5.21. The van der Waals surface area contributed by atoms with Crippen LogP contribution in [0.1, 0.15) is 26.2 Å². The first-order chi connectivity index (χ1) is 10.5. The molecular formula is C15H15N5OS. The molecule has 0 radical (unpaired) electrons. The summed E-state index contributed by atoms with van der Waals surface area (Å²) in [5.41, 5.74) is 1.40. The molecular weight excluding hydrogens is 298 g/mol. The van der Waals surface area contributed by atoms with E-state index in [2.05, 4.69) is 20.3 Å². The highest BCUT2D eigenvalue weighted by Gasteiger charge is 2.14. The Morgan fingerprint density at radius 1 is 1.23 bits per heavy atom. The SMILES string of the molecule is Cc1nc(C)c(C(=O)Nc2ccc(-n3ccnc3C)nc2)s1. The number of carbonyl (C=O) groups is 1. The molecule has 6 nitrogen and oxygen atoms in total. The van der Waals surface area contributed by atoms with E-state index in [0.717, 1.165) is 22.3 Å². The summed E-state index contributed by atoms with van der Waals surface area (Å²) in [4.78, 5) is 25.6. The van der Waals surface area contributed by atoms with Gasteiger partial charge >= 0.3 is 0 Å². The number of carbonyl (C=O) groups excluding carboxylic acids is 1. The van der Waals surface area contributed by atoms with E-state index in [0.29, 0.717) is 10.6 Å². The van der Waals surface area contributed by atoms with Crippen LogP contribution in [0, 0.1) is 20.8 Å². The second kappa shape index (κ2) is 5.69. The van der Waals surface area contributed by atoms with E-state index < -0.39 is 0 Å². The Bertz CT molecular complexity index is 819. The summed E-state index contributed by atoms with van der Waals surface area (Å²) in [7, 11) is 0. The van der Waals surface area contributed by atoms with Crippen LogP contribution < -0.4 is 5.32 Å². The van der Waals surface area contributed by atoms with Gasteiger partial charge in [-0.1, -0.05) is 0 Å². The zero-order valence-corrected chi connectivity index (χ0v) is 13.3. The van der Waals surface area contributed by atoms with E-state index in [9.17, 15) is 4.79 Å². The number of rotatable bonds is 3. The summed E-state index contributed by atoms with van der Waals surface area (Å²) >= 11 is 1.39. The zero-order valence-electron chi connectivity index (χ0n) is 12.5. The van der Waals surface area contributed by atoms with E-state index in [1.807, 2.05) is 43.7 Å². The van der Waals surface area contributed by atoms with E-state index in [1.165, 1.54) is 11.3 Å². The van der Waals surface area contributed by atoms with Crippen LogP contribution in [0.4, 0.5) is 5.69 Å². The first-order valence-electron chi connectivity index (χ1n) is 6.76. The first kappa shape index (κ1) is 14.4. The van der Waals surface area contributed by atoms with Gasteiger partial charge in [-0.05, 0) is 32.9 Å². The monoisotopic (exact) mass is 313 g/mol. The van der Waals surface area contributed by atoms with Crippen LogP contribution in [-0.4, -0.2) is 25.4 Å². The summed E-state index contributed by atoms with van der Waals surface area (Å²) in [5, 5.41) is 3.72. The van der Waals surface area contributed by atoms with Gasteiger partial charge in [0.25, 0.3) is 5.91 Å². The topological polar surface area (TPSA) is 72.7 Å². The Hall–Kier alpha value is -2.54. The average Bonchev–Trinajstić information content (AvgIpc) is 3.05. The lowest BCUT2D eigenvalue weighted by atomic mass is 10.3. The van der Waals surface area contributed by atoms with Crippen LogP contribution in [0.3, 0.4) is 0 Å². The number of hydrogen-bond donors (Lipinski definition) is 1. The van der Waals surface area contributed by atoms with Crippen molar-refractivity contribution in [3.05, 3.63) is 52.1 Å². The Labute approximate surface area is 131 Å². The largest absolute Gasteiger partial charge is 0.320 e. The maximum atomic E-state index is 12.2. The molecule has 3 heterocycles. The molecule has 112 valence electrons. The normalized spacial score (nSPS) is 10.7. The highest BCUT2D eigenvalue weighted by molar-refractivity contribution is 7.13. The predicted octanol–water partition coefficient (Wildman–Crippen LogP) is 2.90. The molecule has 3 rings (SSSR count). The van der Waals surface area contributed by atoms with Gasteiger partial charge < -0.3 is 5.32 Å². The van der Waals surface area contributed by atoms with Gasteiger partial charge in [-0.2, -0.15) is 0 Å². The van der Waals surface area contributed by atoms with Crippen LogP contribution >= 0.6 is 11.3 Å². The molecule has 0 bridgehead atoms. The molecule has 3 aromatic rings. The number of imidazole rings is 1. The van der Waals surface area contributed by atoms with Crippen LogP contribution in [0.15, 0.2) is 30.7 Å². The van der Waals surface area contributed by atoms with Crippen molar-refractivity contribution in [2.75, 3.05) is 5.32 Å². The Morgan fingerprint density at radius 2 is 2.05 bits per heavy atom. The van der Waals surface area contributed by atoms with Crippen LogP contribution in [0.25, 0.3) is 5.82 Å². The van der Waals surface area contributed by atoms with E-state index in [1.54, 1.807) is 12.4 Å². The van der Waals surface area contributed by atoms with Crippen molar-refractivity contribution in [1.82, 2.24) is 19.5 Å². The molecule has 0 aliphatic carbocycles. The quantitative estimate of drug-likeness (QED) is 0.807. The lowest BCUT2D eigenvalue weighted by molar-refractivity contribution is 0.103. The molecule has 0 saturated heterocycles. The number of nitrogens with one attached hydrogen (secondary N) is 1. The van der Waals surface area contributed by atoms with E-state index in [-0.39, 0.29) is 5.91 Å². The molecule has 1 N–H and O–H groups in total. The first-order valence-corrected chi connectivity index (χ1v) is 7.58. The average molecular weight is 313 g/mol. The van der Waals surface area contributed by atoms with Gasteiger partial charge in [0, 0.05) is 12.4 Å². The second-order valence-electron chi connectivity index (χ2n) is 4.85. The van der Waals surface area contributed by atoms with E-state index >= 15 is 0 Å². The highest BCUT2D eigenvalue weighted by Crippen LogP contribution is 2.19. The highest BCUT2D eigenvalue weighted by atomic mass is 32.1. The number of aromatic nitrogens is 4. The fourth-order valence-electron chi connectivity index (χ4n) is 2.15. The Morgan fingerprint density at radius 3 is 2.59 bits per heavy atom. The predicted molar refractivity (Wildman–Crippen MR) is 85.6 cm³/mol. The number of hydrogen-bond acceptors (Lipinski definition) is 5. The third kappa shape index (κ3) is 2.75. The number of anilines is 1. The van der Waals surface area contributed by atoms with Crippen molar-refractivity contribution in [3.8, 4) is 5.82 Å². The molecule has 0 fully saturated rings. The summed E-state index contributed by atoms with van der Waals surface area (Å²) in [5.74, 6) is 1.47. The zero-order chi connectivity index (χ0) is 15.7. The molecule has 0 spiro atoms. The smallest absolute Gasteiger partial charge is 0.267 e. The lowest BCUT2D eigenvalue weighted by Gasteiger charge is -2.06. The third-order valence-electron chi connectivity index (χ3n) is 3.19. The minimum absolute atomic E-state index is 0.156. The third-order valence-corrected chi connectivity index (χ3v) is 4.26. The second-order valence-corrected chi connectivity index (χ2v) is 6.05. The van der Waals surface area contributed by atoms with Gasteiger partial charge in [0.2, 0.25) is 0 Å². The van der Waals surface area contributed by atoms with Crippen LogP contribution in [0.2, 0.25) is 0 Å². The molecule has 0 aliphatic rings. The van der Waals surface area contributed by atoms with Crippen molar-refractivity contribution < 1.29 is 4.79 Å². The lowest BCUT2D eigenvalue weighted by Crippen LogP contribution is -2.12. The van der Waals surface area contributed by atoms with E-state index in [4.69, 9.17) is 0 Å². The number of nitrogens with zero attached hydrogens (tertiary/aromatic N) is 4. The maximum absolute atomic E-state index is 12.2. The molecule has 0 atom stereocenters. The molecule has 22 heavy (non-hydrogen) atoms. The summed E-state index contributed by atoms with van der Waals surface area (Å²) in [6.45, 7) is 5.63. The maximum Gasteiger partial charge on any atom is 0.267 e. The van der Waals surface area contributed by atoms with Gasteiger partial charge in [0.15, 0.2) is 0 Å². The van der Waals surface area contributed by atoms with Gasteiger partial charge in [-0.3, -0.25) is 9.36 Å². The number of pyridine rings is 1. The van der Waals surface area contributed by atoms with Gasteiger partial charge in [-0.15, -0.1) is 11.3 Å². The molecule has 0 aromatic carbocycles. The Balaban J connectivity index is 1.78. The number of aryl methyl sites for hydroxylation is 3. The molecule has 0 saturated carbocycles. The molecule has 3 aromatic heterocycles. The van der Waals surface area contributed by atoms with Crippen LogP contribution in [0.5, 0.6) is 0 Å². The van der Waals surface area contributed by atoms with Crippen molar-refractivity contribution in [2.45, 2.75) is 20.8 Å². The van der Waals surface area contributed by atoms with Crippen molar-refractivity contribution in [3.63, 3.8) is 0 Å². The van der Waals surface area contributed by atoms with Crippen molar-refractivity contribution >= 4 is 22.9 Å². The number of amides is 1. The van der Waals surface area contributed by atoms with Gasteiger partial charge in [0.05, 0.1) is 22.6 Å². The van der Waals surface area contributed by atoms with Crippen LogP contribution in [-0.2, 0) is 0 Å². The van der Waals surface area contributed by atoms with Crippen molar-refractivity contribution in [1.29, 1.82) is 0 Å².